The third-order valence-electron chi connectivity index (χ3n) is 5.37. The summed E-state index contributed by atoms with van der Waals surface area (Å²) in [5.74, 6) is 0.115. The molecule has 0 saturated heterocycles. The second-order valence-electron chi connectivity index (χ2n) is 7.63. The molecule has 0 radical (unpaired) electrons. The number of hydrogen-bond donors (Lipinski definition) is 1. The SMILES string of the molecule is COc1c(C)cc(/C(=C\CCCC(=O)O)c2cc(C)c3onc(OC)c3c2)cc1C(=O)SC. The van der Waals surface area contributed by atoms with Gasteiger partial charge >= 0.3 is 5.97 Å². The van der Waals surface area contributed by atoms with Crippen LogP contribution >= 0.6 is 11.8 Å². The molecule has 0 atom stereocenters. The van der Waals surface area contributed by atoms with Gasteiger partial charge in [-0.1, -0.05) is 17.8 Å². The van der Waals surface area contributed by atoms with E-state index in [0.29, 0.717) is 35.6 Å². The van der Waals surface area contributed by atoms with E-state index in [1.165, 1.54) is 7.11 Å². The highest BCUT2D eigenvalue weighted by Gasteiger charge is 2.19. The van der Waals surface area contributed by atoms with Crippen molar-refractivity contribution < 1.29 is 28.7 Å². The monoisotopic (exact) mass is 469 g/mol. The molecule has 3 rings (SSSR count). The zero-order valence-corrected chi connectivity index (χ0v) is 20.2. The zero-order valence-electron chi connectivity index (χ0n) is 19.4. The number of fused-ring (bicyclic) bond motifs is 1. The Labute approximate surface area is 196 Å². The number of benzene rings is 2. The lowest BCUT2D eigenvalue weighted by molar-refractivity contribution is -0.137. The van der Waals surface area contributed by atoms with Crippen molar-refractivity contribution in [2.75, 3.05) is 20.5 Å². The summed E-state index contributed by atoms with van der Waals surface area (Å²) in [7, 11) is 3.09. The normalized spacial score (nSPS) is 11.6. The molecule has 1 heterocycles. The Hall–Kier alpha value is -3.26. The van der Waals surface area contributed by atoms with Crippen LogP contribution in [0.5, 0.6) is 11.6 Å². The molecule has 8 heteroatoms. The van der Waals surface area contributed by atoms with Crippen molar-refractivity contribution in [3.63, 3.8) is 0 Å². The lowest BCUT2D eigenvalue weighted by Gasteiger charge is -2.16. The lowest BCUT2D eigenvalue weighted by Crippen LogP contribution is -2.02. The molecule has 33 heavy (non-hydrogen) atoms. The number of aliphatic carboxylic acids is 1. The smallest absolute Gasteiger partial charge is 0.303 e. The molecule has 0 fully saturated rings. The van der Waals surface area contributed by atoms with E-state index in [-0.39, 0.29) is 11.5 Å². The number of thioether (sulfide) groups is 1. The van der Waals surface area contributed by atoms with Gasteiger partial charge < -0.3 is 19.1 Å². The quantitative estimate of drug-likeness (QED) is 0.401. The Morgan fingerprint density at radius 2 is 1.79 bits per heavy atom. The fraction of sp³-hybridized carbons (Fsp3) is 0.320. The highest BCUT2D eigenvalue weighted by Crippen LogP contribution is 2.36. The van der Waals surface area contributed by atoms with Crippen molar-refractivity contribution in [1.82, 2.24) is 5.16 Å². The van der Waals surface area contributed by atoms with E-state index in [9.17, 15) is 9.59 Å². The summed E-state index contributed by atoms with van der Waals surface area (Å²) >= 11 is 1.13. The van der Waals surface area contributed by atoms with Gasteiger partial charge in [0.25, 0.3) is 5.88 Å². The molecule has 0 saturated carbocycles. The third kappa shape index (κ3) is 5.22. The maximum atomic E-state index is 12.6. The number of nitrogens with zero attached hydrogens (tertiary/aromatic N) is 1. The first-order chi connectivity index (χ1) is 15.8. The standard InChI is InChI=1S/C25H27NO6S/c1-14-10-17(13-20(22(14)30-3)25(29)33-5)18(8-6-7-9-21(27)28)16-11-15(2)23-19(12-16)24(31-4)26-32-23/h8,10-13H,6-7,9H2,1-5H3,(H,27,28)/b18-8-. The summed E-state index contributed by atoms with van der Waals surface area (Å²) in [6.45, 7) is 3.83. The van der Waals surface area contributed by atoms with Crippen molar-refractivity contribution >= 4 is 39.4 Å². The molecule has 0 spiro atoms. The van der Waals surface area contributed by atoms with Gasteiger partial charge in [-0.25, -0.2) is 0 Å². The Morgan fingerprint density at radius 3 is 2.42 bits per heavy atom. The molecular weight excluding hydrogens is 442 g/mol. The van der Waals surface area contributed by atoms with Crippen LogP contribution in [0.25, 0.3) is 16.5 Å². The summed E-state index contributed by atoms with van der Waals surface area (Å²) in [6, 6.07) is 7.74. The number of unbranched alkanes of at least 4 members (excludes halogenated alkanes) is 1. The molecule has 0 aliphatic rings. The van der Waals surface area contributed by atoms with E-state index < -0.39 is 5.97 Å². The number of methoxy groups -OCH3 is 2. The molecular formula is C25H27NO6S. The highest BCUT2D eigenvalue weighted by molar-refractivity contribution is 8.13. The molecule has 174 valence electrons. The third-order valence-corrected chi connectivity index (χ3v) is 5.96. The van der Waals surface area contributed by atoms with Crippen LogP contribution in [0.3, 0.4) is 0 Å². The van der Waals surface area contributed by atoms with Crippen molar-refractivity contribution in [3.05, 3.63) is 58.2 Å². The molecule has 0 aliphatic carbocycles. The predicted octanol–water partition coefficient (Wildman–Crippen LogP) is 5.65. The number of carboxylic acid groups (broad SMARTS) is 1. The minimum absolute atomic E-state index is 0.0825. The average molecular weight is 470 g/mol. The average Bonchev–Trinajstić information content (AvgIpc) is 3.21. The molecule has 0 bridgehead atoms. The van der Waals surface area contributed by atoms with E-state index in [2.05, 4.69) is 5.16 Å². The van der Waals surface area contributed by atoms with Gasteiger partial charge in [0.05, 0.1) is 25.2 Å². The van der Waals surface area contributed by atoms with Crippen molar-refractivity contribution in [2.24, 2.45) is 0 Å². The van der Waals surface area contributed by atoms with Crippen molar-refractivity contribution in [3.8, 4) is 11.6 Å². The number of aryl methyl sites for hydroxylation is 2. The van der Waals surface area contributed by atoms with Gasteiger partial charge in [0.15, 0.2) is 5.58 Å². The van der Waals surface area contributed by atoms with Crippen molar-refractivity contribution in [2.45, 2.75) is 33.1 Å². The van der Waals surface area contributed by atoms with Crippen LogP contribution in [-0.2, 0) is 4.79 Å². The summed E-state index contributed by atoms with van der Waals surface area (Å²) in [6.07, 6.45) is 4.90. The Kier molecular flexibility index (Phi) is 7.81. The number of carbonyl (C=O) groups excluding carboxylic acids is 1. The summed E-state index contributed by atoms with van der Waals surface area (Å²) < 4.78 is 16.3. The molecule has 0 unspecified atom stereocenters. The molecule has 1 N–H and O–H groups in total. The van der Waals surface area contributed by atoms with Gasteiger partial charge in [-0.2, -0.15) is 0 Å². The van der Waals surface area contributed by atoms with Gasteiger partial charge in [0.2, 0.25) is 5.12 Å². The van der Waals surface area contributed by atoms with Crippen LogP contribution in [0.4, 0.5) is 0 Å². The molecule has 7 nitrogen and oxygen atoms in total. The minimum Gasteiger partial charge on any atom is -0.496 e. The summed E-state index contributed by atoms with van der Waals surface area (Å²) in [4.78, 5) is 23.6. The van der Waals surface area contributed by atoms with Crippen LogP contribution < -0.4 is 9.47 Å². The van der Waals surface area contributed by atoms with E-state index in [1.54, 1.807) is 13.4 Å². The summed E-state index contributed by atoms with van der Waals surface area (Å²) in [5.41, 5.74) is 5.49. The van der Waals surface area contributed by atoms with E-state index in [1.807, 2.05) is 44.2 Å². The second kappa shape index (κ2) is 10.6. The molecule has 1 aromatic heterocycles. The number of aromatic nitrogens is 1. The Morgan fingerprint density at radius 1 is 1.09 bits per heavy atom. The lowest BCUT2D eigenvalue weighted by atomic mass is 9.91. The highest BCUT2D eigenvalue weighted by atomic mass is 32.2. The van der Waals surface area contributed by atoms with Gasteiger partial charge in [-0.05, 0) is 90.2 Å². The number of allylic oxidation sites excluding steroid dienone is 1. The number of ether oxygens (including phenoxy) is 2. The number of carbonyl (C=O) groups is 2. The Balaban J connectivity index is 2.20. The molecule has 0 amide bonds. The van der Waals surface area contributed by atoms with E-state index in [4.69, 9.17) is 19.1 Å². The van der Waals surface area contributed by atoms with Crippen LogP contribution in [0, 0.1) is 13.8 Å². The molecule has 0 aliphatic heterocycles. The first-order valence-corrected chi connectivity index (χ1v) is 11.7. The van der Waals surface area contributed by atoms with E-state index >= 15 is 0 Å². The van der Waals surface area contributed by atoms with Crippen LogP contribution in [0.15, 0.2) is 34.9 Å². The minimum atomic E-state index is -0.829. The number of carboxylic acids is 1. The van der Waals surface area contributed by atoms with Gasteiger partial charge in [0.1, 0.15) is 5.75 Å². The summed E-state index contributed by atoms with van der Waals surface area (Å²) in [5, 5.41) is 13.7. The van der Waals surface area contributed by atoms with Crippen molar-refractivity contribution in [1.29, 1.82) is 0 Å². The second-order valence-corrected chi connectivity index (χ2v) is 8.41. The fourth-order valence-corrected chi connectivity index (χ4v) is 4.23. The first-order valence-electron chi connectivity index (χ1n) is 10.4. The van der Waals surface area contributed by atoms with E-state index in [0.717, 1.165) is 45.0 Å². The zero-order chi connectivity index (χ0) is 24.1. The van der Waals surface area contributed by atoms with Gasteiger partial charge in [-0.3, -0.25) is 9.59 Å². The topological polar surface area (TPSA) is 98.9 Å². The predicted molar refractivity (Wildman–Crippen MR) is 129 cm³/mol. The van der Waals surface area contributed by atoms with Crippen LogP contribution in [-0.4, -0.2) is 41.8 Å². The number of hydrogen-bond acceptors (Lipinski definition) is 7. The number of rotatable bonds is 9. The fourth-order valence-electron chi connectivity index (χ4n) is 3.86. The Bertz CT molecular complexity index is 1230. The largest absolute Gasteiger partial charge is 0.496 e. The maximum absolute atomic E-state index is 12.6. The van der Waals surface area contributed by atoms with Crippen LogP contribution in [0.2, 0.25) is 0 Å². The molecule has 2 aromatic carbocycles. The maximum Gasteiger partial charge on any atom is 0.303 e. The first kappa shape index (κ1) is 24.4. The van der Waals surface area contributed by atoms with Crippen LogP contribution in [0.1, 0.15) is 51.9 Å². The van der Waals surface area contributed by atoms with Gasteiger partial charge in [-0.15, -0.1) is 0 Å². The van der Waals surface area contributed by atoms with Gasteiger partial charge in [0, 0.05) is 6.42 Å². The molecule has 3 aromatic rings.